The number of aromatic hydroxyl groups is 3. The zero-order valence-corrected chi connectivity index (χ0v) is 11.1. The van der Waals surface area contributed by atoms with Crippen LogP contribution < -0.4 is 18.9 Å². The van der Waals surface area contributed by atoms with E-state index in [0.29, 0.717) is 0 Å². The Bertz CT molecular complexity index is 323. The molecule has 7 heteroatoms. The number of carbonyl (C=O) groups is 1. The largest absolute Gasteiger partial charge is 1.00 e. The van der Waals surface area contributed by atoms with E-state index in [9.17, 15) is 4.79 Å². The molecule has 0 aliphatic carbocycles. The minimum Gasteiger partial charge on any atom is -1.00 e. The van der Waals surface area contributed by atoms with Gasteiger partial charge in [-0.1, -0.05) is 0 Å². The van der Waals surface area contributed by atoms with Crippen LogP contribution in [-0.2, 0) is 0 Å². The molecule has 0 atom stereocenters. The number of phenolic OH excluding ortho intramolecular Hbond substituents is 3. The van der Waals surface area contributed by atoms with Gasteiger partial charge in [0, 0.05) is 35.6 Å². The molecule has 1 aromatic rings. The van der Waals surface area contributed by atoms with Crippen LogP contribution in [0.25, 0.3) is 0 Å². The molecule has 1 rings (SSSR count). The smallest absolute Gasteiger partial charge is 1.00 e. The maximum absolute atomic E-state index is 10.3. The van der Waals surface area contributed by atoms with Crippen LogP contribution in [0, 0.1) is 35.6 Å². The summed E-state index contributed by atoms with van der Waals surface area (Å²) in [5, 5.41) is 35.0. The van der Waals surface area contributed by atoms with E-state index in [0.717, 1.165) is 12.1 Å². The Hall–Kier alpha value is -0.118. The molecule has 5 nitrogen and oxygen atoms in total. The second-order valence-corrected chi connectivity index (χ2v) is 2.17. The Kier molecular flexibility index (Phi) is 7.44. The summed E-state index contributed by atoms with van der Waals surface area (Å²) in [7, 11) is 0. The summed E-state index contributed by atoms with van der Waals surface area (Å²) in [5.74, 6) is -3.33. The van der Waals surface area contributed by atoms with Gasteiger partial charge in [0.25, 0.3) is 0 Å². The summed E-state index contributed by atoms with van der Waals surface area (Å²) in [4.78, 5) is 10.3. The molecule has 0 aliphatic heterocycles. The van der Waals surface area contributed by atoms with E-state index >= 15 is 0 Å². The normalized spacial score (nSPS) is 8.29. The first kappa shape index (κ1) is 16.3. The van der Waals surface area contributed by atoms with E-state index in [-0.39, 0.29) is 61.4 Å². The van der Waals surface area contributed by atoms with Crippen molar-refractivity contribution < 1.29 is 81.1 Å². The number of aromatic carboxylic acids is 1. The van der Waals surface area contributed by atoms with Crippen molar-refractivity contribution in [1.29, 1.82) is 0 Å². The van der Waals surface area contributed by atoms with Crippen LogP contribution in [-0.4, -0.2) is 26.4 Å². The number of carboxylic acids is 1. The van der Waals surface area contributed by atoms with E-state index in [4.69, 9.17) is 20.4 Å². The van der Waals surface area contributed by atoms with Gasteiger partial charge in [0.1, 0.15) is 0 Å². The zero-order valence-electron chi connectivity index (χ0n) is 8.43. The summed E-state index contributed by atoms with van der Waals surface area (Å²) in [6.45, 7) is 0. The quantitative estimate of drug-likeness (QED) is 0.343. The van der Waals surface area contributed by atoms with E-state index in [1.54, 1.807) is 0 Å². The second-order valence-electron chi connectivity index (χ2n) is 2.17. The molecule has 0 saturated carbocycles. The molecule has 0 unspecified atom stereocenters. The molecule has 4 N–H and O–H groups in total. The summed E-state index contributed by atoms with van der Waals surface area (Å²) in [6, 6.07) is 1.69. The summed E-state index contributed by atoms with van der Waals surface area (Å²) >= 11 is 0. The van der Waals surface area contributed by atoms with Crippen LogP contribution in [0.2, 0.25) is 0 Å². The van der Waals surface area contributed by atoms with Crippen molar-refractivity contribution in [2.45, 2.75) is 0 Å². The Morgan fingerprint density at radius 1 is 1.14 bits per heavy atom. The fourth-order valence-electron chi connectivity index (χ4n) is 0.728. The van der Waals surface area contributed by atoms with Crippen molar-refractivity contribution in [1.82, 2.24) is 0 Å². The van der Waals surface area contributed by atoms with Crippen molar-refractivity contribution in [3.63, 3.8) is 0 Å². The van der Waals surface area contributed by atoms with Gasteiger partial charge in [-0.3, -0.25) is 0 Å². The Labute approximate surface area is 121 Å². The first-order chi connectivity index (χ1) is 5.52. The molecule has 0 heterocycles. The van der Waals surface area contributed by atoms with Crippen LogP contribution >= 0.6 is 0 Å². The number of carboxylic acid groups (broad SMARTS) is 1. The first-order valence-corrected chi connectivity index (χ1v) is 3.00. The topological polar surface area (TPSA) is 98.0 Å². The van der Waals surface area contributed by atoms with E-state index < -0.39 is 23.2 Å². The Balaban J connectivity index is -0.000000480. The standard InChI is InChI=1S/C7H6O5.La.Li.H/c8-4-1-3(7(11)12)2-5(9)6(4)10;;;/h1-2,8-10H,(H,11,12);;;/q;;+1;-1. The van der Waals surface area contributed by atoms with Gasteiger partial charge in [0.15, 0.2) is 17.2 Å². The molecule has 1 radical (unpaired) electrons. The van der Waals surface area contributed by atoms with Gasteiger partial charge >= 0.3 is 24.8 Å². The van der Waals surface area contributed by atoms with Gasteiger partial charge in [-0.05, 0) is 12.1 Å². The molecule has 14 heavy (non-hydrogen) atoms. The molecule has 0 bridgehead atoms. The predicted octanol–water partition coefficient (Wildman–Crippen LogP) is -2.38. The average molecular weight is 317 g/mol. The maximum Gasteiger partial charge on any atom is 1.00 e. The number of phenols is 3. The summed E-state index contributed by atoms with van der Waals surface area (Å²) in [5.41, 5.74) is -0.289. The van der Waals surface area contributed by atoms with Crippen molar-refractivity contribution in [3.8, 4) is 17.2 Å². The van der Waals surface area contributed by atoms with Gasteiger partial charge in [0.05, 0.1) is 5.56 Å². The minimum absolute atomic E-state index is 0. The van der Waals surface area contributed by atoms with Crippen LogP contribution in [0.4, 0.5) is 0 Å². The minimum atomic E-state index is -1.29. The molecule has 1 aromatic carbocycles. The van der Waals surface area contributed by atoms with Gasteiger partial charge in [-0.25, -0.2) is 4.79 Å². The van der Waals surface area contributed by atoms with Crippen LogP contribution in [0.15, 0.2) is 12.1 Å². The van der Waals surface area contributed by atoms with Crippen molar-refractivity contribution in [2.24, 2.45) is 0 Å². The van der Waals surface area contributed by atoms with Gasteiger partial charge in [-0.2, -0.15) is 0 Å². The van der Waals surface area contributed by atoms with Crippen molar-refractivity contribution >= 4 is 5.97 Å². The molecule has 0 spiro atoms. The van der Waals surface area contributed by atoms with Crippen LogP contribution in [0.3, 0.4) is 0 Å². The Morgan fingerprint density at radius 3 is 1.79 bits per heavy atom. The predicted molar refractivity (Wildman–Crippen MR) is 39.5 cm³/mol. The van der Waals surface area contributed by atoms with Crippen LogP contribution in [0.1, 0.15) is 11.8 Å². The third-order valence-corrected chi connectivity index (χ3v) is 1.32. The third kappa shape index (κ3) is 3.56. The number of rotatable bonds is 1. The molecule has 0 aliphatic rings. The fraction of sp³-hybridized carbons (Fsp3) is 0. The number of hydrogen-bond acceptors (Lipinski definition) is 4. The zero-order chi connectivity index (χ0) is 9.30. The van der Waals surface area contributed by atoms with Gasteiger partial charge < -0.3 is 21.9 Å². The fourth-order valence-corrected chi connectivity index (χ4v) is 0.728. The van der Waals surface area contributed by atoms with Gasteiger partial charge in [-0.15, -0.1) is 0 Å². The number of benzene rings is 1. The second kappa shape index (κ2) is 6.38. The molecule has 0 aromatic heterocycles. The maximum atomic E-state index is 10.3. The third-order valence-electron chi connectivity index (χ3n) is 1.32. The van der Waals surface area contributed by atoms with Crippen molar-refractivity contribution in [3.05, 3.63) is 17.7 Å². The first-order valence-electron chi connectivity index (χ1n) is 3.00. The molecular weight excluding hydrogens is 310 g/mol. The summed E-state index contributed by atoms with van der Waals surface area (Å²) < 4.78 is 0. The molecule has 69 valence electrons. The molecule has 0 amide bonds. The van der Waals surface area contributed by atoms with E-state index in [1.807, 2.05) is 0 Å². The number of hydrogen-bond donors (Lipinski definition) is 4. The average Bonchev–Trinajstić information content (AvgIpc) is 1.99. The van der Waals surface area contributed by atoms with Crippen molar-refractivity contribution in [2.75, 3.05) is 0 Å². The molecular formula is C7H7LaLiO5. The van der Waals surface area contributed by atoms with E-state index in [2.05, 4.69) is 0 Å². The van der Waals surface area contributed by atoms with Crippen LogP contribution in [0.5, 0.6) is 17.2 Å². The Morgan fingerprint density at radius 2 is 1.50 bits per heavy atom. The molecule has 0 saturated heterocycles. The van der Waals surface area contributed by atoms with E-state index in [1.165, 1.54) is 0 Å². The van der Waals surface area contributed by atoms with Gasteiger partial charge in [0.2, 0.25) is 0 Å². The molecule has 0 fully saturated rings. The summed E-state index contributed by atoms with van der Waals surface area (Å²) in [6.07, 6.45) is 0. The monoisotopic (exact) mass is 317 g/mol. The SMILES string of the molecule is O=C(O)c1cc(O)c(O)c(O)c1.[H-].[La].[Li+].